The molecule has 0 bridgehead atoms. The number of benzene rings is 2. The Balaban J connectivity index is 1.76. The number of rotatable bonds is 11. The van der Waals surface area contributed by atoms with Gasteiger partial charge in [-0.25, -0.2) is 4.79 Å². The van der Waals surface area contributed by atoms with E-state index < -0.39 is 30.5 Å². The molecular formula is C23H27N3O6. The number of nitrogens with zero attached hydrogens (tertiary/aromatic N) is 3. The van der Waals surface area contributed by atoms with E-state index >= 15 is 0 Å². The first-order valence-corrected chi connectivity index (χ1v) is 10.5. The summed E-state index contributed by atoms with van der Waals surface area (Å²) < 4.78 is 28.7. The lowest BCUT2D eigenvalue weighted by atomic mass is 10.0. The summed E-state index contributed by atoms with van der Waals surface area (Å²) in [6, 6.07) is 19.4. The Kier molecular flexibility index (Phi) is 9.49. The minimum atomic E-state index is -0.966. The smallest absolute Gasteiger partial charge is 0.332 e. The third kappa shape index (κ3) is 7.05. The van der Waals surface area contributed by atoms with E-state index in [0.717, 1.165) is 11.1 Å². The maximum Gasteiger partial charge on any atom is 0.332 e. The first-order chi connectivity index (χ1) is 15.7. The summed E-state index contributed by atoms with van der Waals surface area (Å²) in [4.78, 5) is 14.7. The van der Waals surface area contributed by atoms with Gasteiger partial charge in [-0.1, -0.05) is 65.8 Å². The van der Waals surface area contributed by atoms with Gasteiger partial charge < -0.3 is 23.7 Å². The van der Waals surface area contributed by atoms with Crippen LogP contribution in [0.2, 0.25) is 0 Å². The van der Waals surface area contributed by atoms with Crippen LogP contribution in [0, 0.1) is 0 Å². The number of ether oxygens (including phenoxy) is 5. The van der Waals surface area contributed by atoms with Crippen molar-refractivity contribution in [1.82, 2.24) is 0 Å². The number of azide groups is 1. The van der Waals surface area contributed by atoms with Crippen LogP contribution in [-0.4, -0.2) is 50.3 Å². The Morgan fingerprint density at radius 3 is 2.22 bits per heavy atom. The zero-order valence-corrected chi connectivity index (χ0v) is 17.9. The average Bonchev–Trinajstić information content (AvgIpc) is 2.83. The van der Waals surface area contributed by atoms with Gasteiger partial charge in [-0.3, -0.25) is 0 Å². The van der Waals surface area contributed by atoms with Crippen molar-refractivity contribution in [1.29, 1.82) is 0 Å². The normalized spacial score (nSPS) is 22.7. The summed E-state index contributed by atoms with van der Waals surface area (Å²) in [5, 5.41) is 3.69. The molecule has 3 rings (SSSR count). The van der Waals surface area contributed by atoms with Crippen LogP contribution in [0.1, 0.15) is 18.1 Å². The molecule has 170 valence electrons. The van der Waals surface area contributed by atoms with Crippen molar-refractivity contribution in [3.05, 3.63) is 82.2 Å². The van der Waals surface area contributed by atoms with E-state index in [-0.39, 0.29) is 19.8 Å². The first-order valence-electron chi connectivity index (χ1n) is 10.5. The fourth-order valence-corrected chi connectivity index (χ4v) is 3.34. The summed E-state index contributed by atoms with van der Waals surface area (Å²) in [6.07, 6.45) is -2.96. The van der Waals surface area contributed by atoms with E-state index in [1.165, 1.54) is 0 Å². The lowest BCUT2D eigenvalue weighted by Crippen LogP contribution is -2.55. The Labute approximate surface area is 186 Å². The van der Waals surface area contributed by atoms with E-state index in [9.17, 15) is 4.79 Å². The molecule has 0 unspecified atom stereocenters. The van der Waals surface area contributed by atoms with Crippen LogP contribution in [-0.2, 0) is 41.7 Å². The van der Waals surface area contributed by atoms with Crippen molar-refractivity contribution in [3.8, 4) is 0 Å². The second kappa shape index (κ2) is 12.8. The van der Waals surface area contributed by atoms with Crippen molar-refractivity contribution in [3.63, 3.8) is 0 Å². The quantitative estimate of drug-likeness (QED) is 0.227. The van der Waals surface area contributed by atoms with Crippen molar-refractivity contribution in [2.45, 2.75) is 44.7 Å². The van der Waals surface area contributed by atoms with Crippen LogP contribution in [0.5, 0.6) is 0 Å². The molecule has 0 aliphatic carbocycles. The molecule has 0 amide bonds. The molecule has 0 spiro atoms. The van der Waals surface area contributed by atoms with Crippen LogP contribution >= 0.6 is 0 Å². The predicted molar refractivity (Wildman–Crippen MR) is 115 cm³/mol. The number of carbonyl (C=O) groups is 1. The van der Waals surface area contributed by atoms with Gasteiger partial charge in [-0.15, -0.1) is 0 Å². The standard InChI is InChI=1S/C23H27N3O6/c1-2-28-20(27)16-31-22-21(30-14-18-11-7-4-8-12-18)19(15-32-23(22)25-26-24)29-13-17-9-5-3-6-10-17/h3-12,19,21-23H,2,13-16H2,1H3/t19-,21-,22+,23-/m0/s1. The van der Waals surface area contributed by atoms with Crippen molar-refractivity contribution in [2.24, 2.45) is 5.11 Å². The minimum Gasteiger partial charge on any atom is -0.464 e. The summed E-state index contributed by atoms with van der Waals surface area (Å²) in [7, 11) is 0. The summed E-state index contributed by atoms with van der Waals surface area (Å²) in [5.41, 5.74) is 10.9. The summed E-state index contributed by atoms with van der Waals surface area (Å²) in [5.74, 6) is -0.527. The highest BCUT2D eigenvalue weighted by molar-refractivity contribution is 5.70. The highest BCUT2D eigenvalue weighted by Crippen LogP contribution is 2.26. The fourth-order valence-electron chi connectivity index (χ4n) is 3.34. The van der Waals surface area contributed by atoms with Gasteiger partial charge in [0.1, 0.15) is 24.9 Å². The maximum absolute atomic E-state index is 11.9. The minimum absolute atomic E-state index is 0.148. The molecule has 2 aromatic rings. The van der Waals surface area contributed by atoms with Gasteiger partial charge in [0.05, 0.1) is 26.4 Å². The summed E-state index contributed by atoms with van der Waals surface area (Å²) in [6.45, 7) is 2.41. The summed E-state index contributed by atoms with van der Waals surface area (Å²) >= 11 is 0. The molecular weight excluding hydrogens is 414 g/mol. The van der Waals surface area contributed by atoms with Crippen LogP contribution in [0.25, 0.3) is 10.4 Å². The highest BCUT2D eigenvalue weighted by atomic mass is 16.6. The van der Waals surface area contributed by atoms with Gasteiger partial charge in [0, 0.05) is 4.91 Å². The highest BCUT2D eigenvalue weighted by Gasteiger charge is 2.43. The zero-order chi connectivity index (χ0) is 22.6. The number of carbonyl (C=O) groups excluding carboxylic acids is 1. The molecule has 0 saturated carbocycles. The molecule has 0 radical (unpaired) electrons. The van der Waals surface area contributed by atoms with Gasteiger partial charge in [0.25, 0.3) is 0 Å². The van der Waals surface area contributed by atoms with Gasteiger partial charge in [-0.2, -0.15) is 0 Å². The molecule has 9 heteroatoms. The van der Waals surface area contributed by atoms with Crippen LogP contribution < -0.4 is 0 Å². The molecule has 9 nitrogen and oxygen atoms in total. The van der Waals surface area contributed by atoms with Gasteiger partial charge in [-0.05, 0) is 23.6 Å². The van der Waals surface area contributed by atoms with E-state index in [2.05, 4.69) is 10.0 Å². The molecule has 0 aromatic heterocycles. The second-order valence-electron chi connectivity index (χ2n) is 7.11. The predicted octanol–water partition coefficient (Wildman–Crippen LogP) is 3.77. The Hall–Kier alpha value is -2.94. The van der Waals surface area contributed by atoms with Gasteiger partial charge in [0.15, 0.2) is 6.23 Å². The molecule has 1 aliphatic heterocycles. The molecule has 2 aromatic carbocycles. The molecule has 1 fully saturated rings. The maximum atomic E-state index is 11.9. The van der Waals surface area contributed by atoms with Crippen molar-refractivity contribution < 1.29 is 28.5 Å². The Morgan fingerprint density at radius 1 is 1.00 bits per heavy atom. The molecule has 4 atom stereocenters. The number of hydrogen-bond donors (Lipinski definition) is 0. The van der Waals surface area contributed by atoms with E-state index in [0.29, 0.717) is 13.2 Å². The van der Waals surface area contributed by atoms with E-state index in [4.69, 9.17) is 29.2 Å². The average molecular weight is 441 g/mol. The fraction of sp³-hybridized carbons (Fsp3) is 0.435. The van der Waals surface area contributed by atoms with Gasteiger partial charge >= 0.3 is 5.97 Å². The molecule has 1 aliphatic rings. The topological polar surface area (TPSA) is 112 Å². The Morgan fingerprint density at radius 2 is 1.62 bits per heavy atom. The lowest BCUT2D eigenvalue weighted by molar-refractivity contribution is -0.235. The SMILES string of the molecule is CCOC(=O)CO[C@@H]1[C@@H](OCc2ccccc2)[C@@H](OCc2ccccc2)CO[C@@H]1N=[N+]=[N-]. The van der Waals surface area contributed by atoms with E-state index in [1.807, 2.05) is 60.7 Å². The third-order valence-corrected chi connectivity index (χ3v) is 4.86. The molecule has 1 heterocycles. The third-order valence-electron chi connectivity index (χ3n) is 4.86. The second-order valence-corrected chi connectivity index (χ2v) is 7.11. The van der Waals surface area contributed by atoms with Crippen LogP contribution in [0.15, 0.2) is 65.8 Å². The largest absolute Gasteiger partial charge is 0.464 e. The van der Waals surface area contributed by atoms with Gasteiger partial charge in [0.2, 0.25) is 0 Å². The van der Waals surface area contributed by atoms with Crippen molar-refractivity contribution in [2.75, 3.05) is 19.8 Å². The Bertz CT molecular complexity index is 876. The van der Waals surface area contributed by atoms with E-state index in [1.54, 1.807) is 6.92 Å². The van der Waals surface area contributed by atoms with Crippen LogP contribution in [0.4, 0.5) is 0 Å². The molecule has 0 N–H and O–H groups in total. The lowest BCUT2D eigenvalue weighted by Gasteiger charge is -2.40. The van der Waals surface area contributed by atoms with Crippen molar-refractivity contribution >= 4 is 5.97 Å². The molecule has 32 heavy (non-hydrogen) atoms. The first kappa shape index (κ1) is 23.7. The molecule has 1 saturated heterocycles. The monoisotopic (exact) mass is 441 g/mol. The number of hydrogen-bond acceptors (Lipinski definition) is 7. The zero-order valence-electron chi connectivity index (χ0n) is 17.9. The number of esters is 1. The van der Waals surface area contributed by atoms with Crippen LogP contribution in [0.3, 0.4) is 0 Å².